The van der Waals surface area contributed by atoms with Crippen molar-refractivity contribution in [2.24, 2.45) is 5.92 Å². The van der Waals surface area contributed by atoms with Gasteiger partial charge in [-0.1, -0.05) is 6.92 Å². The molecule has 0 aromatic carbocycles. The Bertz CT molecular complexity index is 96.1. The minimum Gasteiger partial charge on any atom is -0.396 e. The number of rotatable bonds is 5. The van der Waals surface area contributed by atoms with E-state index in [0.29, 0.717) is 6.42 Å². The van der Waals surface area contributed by atoms with Crippen LogP contribution in [0.25, 0.3) is 0 Å². The minimum atomic E-state index is -0.373. The van der Waals surface area contributed by atoms with Crippen LogP contribution in [0.3, 0.4) is 0 Å². The van der Waals surface area contributed by atoms with Gasteiger partial charge in [-0.25, -0.2) is 0 Å². The molecule has 2 atom stereocenters. The van der Waals surface area contributed by atoms with E-state index >= 15 is 0 Å². The van der Waals surface area contributed by atoms with Crippen LogP contribution in [-0.2, 0) is 0 Å². The molecule has 0 aromatic heterocycles. The first-order valence-electron chi connectivity index (χ1n) is 4.05. The molecular formula is C8H19NO2. The number of aliphatic hydroxyl groups excluding tert-OH is 2. The van der Waals surface area contributed by atoms with E-state index in [9.17, 15) is 5.11 Å². The fourth-order valence-electron chi connectivity index (χ4n) is 1.10. The quantitative estimate of drug-likeness (QED) is 0.593. The van der Waals surface area contributed by atoms with Crippen molar-refractivity contribution in [1.29, 1.82) is 0 Å². The molecule has 0 aromatic rings. The normalized spacial score (nSPS) is 16.9. The summed E-state index contributed by atoms with van der Waals surface area (Å²) in [5, 5.41) is 18.3. The molecule has 0 saturated heterocycles. The van der Waals surface area contributed by atoms with E-state index in [1.54, 1.807) is 0 Å². The molecule has 0 saturated carbocycles. The standard InChI is InChI=1S/C8H19NO2/c1-4-8(11)7(6-10)5-9(2)3/h7-8,10-11H,4-6H2,1-3H3. The van der Waals surface area contributed by atoms with Crippen molar-refractivity contribution >= 4 is 0 Å². The lowest BCUT2D eigenvalue weighted by atomic mass is 10.0. The predicted molar refractivity (Wildman–Crippen MR) is 45.4 cm³/mol. The zero-order valence-corrected chi connectivity index (χ0v) is 7.62. The largest absolute Gasteiger partial charge is 0.396 e. The lowest BCUT2D eigenvalue weighted by Gasteiger charge is -2.22. The summed E-state index contributed by atoms with van der Waals surface area (Å²) in [6, 6.07) is 0. The zero-order chi connectivity index (χ0) is 8.85. The summed E-state index contributed by atoms with van der Waals surface area (Å²) in [5.41, 5.74) is 0. The molecule has 0 rings (SSSR count). The van der Waals surface area contributed by atoms with Gasteiger partial charge in [0, 0.05) is 19.1 Å². The van der Waals surface area contributed by atoms with Gasteiger partial charge in [0.1, 0.15) is 0 Å². The van der Waals surface area contributed by atoms with Crippen LogP contribution in [0.4, 0.5) is 0 Å². The zero-order valence-electron chi connectivity index (χ0n) is 7.62. The molecule has 0 fully saturated rings. The molecule has 3 heteroatoms. The third-order valence-electron chi connectivity index (χ3n) is 1.80. The maximum atomic E-state index is 9.38. The monoisotopic (exact) mass is 161 g/mol. The highest BCUT2D eigenvalue weighted by Crippen LogP contribution is 2.07. The fraction of sp³-hybridized carbons (Fsp3) is 1.00. The second-order valence-electron chi connectivity index (χ2n) is 3.18. The second kappa shape index (κ2) is 5.52. The molecule has 0 amide bonds. The molecule has 11 heavy (non-hydrogen) atoms. The molecular weight excluding hydrogens is 142 g/mol. The first-order valence-corrected chi connectivity index (χ1v) is 4.05. The van der Waals surface area contributed by atoms with E-state index in [0.717, 1.165) is 6.54 Å². The summed E-state index contributed by atoms with van der Waals surface area (Å²) >= 11 is 0. The molecule has 0 aliphatic rings. The highest BCUT2D eigenvalue weighted by Gasteiger charge is 2.16. The highest BCUT2D eigenvalue weighted by molar-refractivity contribution is 4.68. The molecule has 0 aliphatic heterocycles. The van der Waals surface area contributed by atoms with E-state index in [2.05, 4.69) is 0 Å². The van der Waals surface area contributed by atoms with E-state index in [1.165, 1.54) is 0 Å². The number of aliphatic hydroxyl groups is 2. The van der Waals surface area contributed by atoms with E-state index < -0.39 is 0 Å². The molecule has 0 aliphatic carbocycles. The fourth-order valence-corrected chi connectivity index (χ4v) is 1.10. The van der Waals surface area contributed by atoms with Gasteiger partial charge < -0.3 is 15.1 Å². The summed E-state index contributed by atoms with van der Waals surface area (Å²) in [7, 11) is 3.87. The molecule has 2 N–H and O–H groups in total. The van der Waals surface area contributed by atoms with Crippen molar-refractivity contribution in [1.82, 2.24) is 4.90 Å². The molecule has 0 bridgehead atoms. The van der Waals surface area contributed by atoms with Gasteiger partial charge in [0.05, 0.1) is 6.10 Å². The first kappa shape index (κ1) is 10.9. The van der Waals surface area contributed by atoms with Gasteiger partial charge in [0.25, 0.3) is 0 Å². The van der Waals surface area contributed by atoms with E-state index in [-0.39, 0.29) is 18.6 Å². The lowest BCUT2D eigenvalue weighted by Crippen LogP contribution is -2.33. The minimum absolute atomic E-state index is 0.00463. The molecule has 2 unspecified atom stereocenters. The highest BCUT2D eigenvalue weighted by atomic mass is 16.3. The Morgan fingerprint density at radius 3 is 2.18 bits per heavy atom. The van der Waals surface area contributed by atoms with Gasteiger partial charge in [-0.3, -0.25) is 0 Å². The predicted octanol–water partition coefficient (Wildman–Crippen LogP) is -0.0726. The Kier molecular flexibility index (Phi) is 5.46. The van der Waals surface area contributed by atoms with E-state index in [4.69, 9.17) is 5.11 Å². The van der Waals surface area contributed by atoms with Crippen molar-refractivity contribution in [3.63, 3.8) is 0 Å². The summed E-state index contributed by atoms with van der Waals surface area (Å²) < 4.78 is 0. The van der Waals surface area contributed by atoms with Crippen LogP contribution >= 0.6 is 0 Å². The topological polar surface area (TPSA) is 43.7 Å². The average molecular weight is 161 g/mol. The maximum absolute atomic E-state index is 9.38. The van der Waals surface area contributed by atoms with Crippen molar-refractivity contribution in [2.45, 2.75) is 19.4 Å². The SMILES string of the molecule is CCC(O)C(CO)CN(C)C. The number of nitrogens with zero attached hydrogens (tertiary/aromatic N) is 1. The third-order valence-corrected chi connectivity index (χ3v) is 1.80. The van der Waals surface area contributed by atoms with Gasteiger partial charge in [-0.2, -0.15) is 0 Å². The van der Waals surface area contributed by atoms with Crippen molar-refractivity contribution in [2.75, 3.05) is 27.2 Å². The van der Waals surface area contributed by atoms with Crippen LogP contribution in [0, 0.1) is 5.92 Å². The van der Waals surface area contributed by atoms with Crippen LogP contribution in [0.2, 0.25) is 0 Å². The Morgan fingerprint density at radius 1 is 1.36 bits per heavy atom. The summed E-state index contributed by atoms with van der Waals surface area (Å²) in [4.78, 5) is 1.97. The Hall–Kier alpha value is -0.120. The van der Waals surface area contributed by atoms with Crippen molar-refractivity contribution in [3.05, 3.63) is 0 Å². The average Bonchev–Trinajstić information content (AvgIpc) is 1.98. The van der Waals surface area contributed by atoms with Crippen LogP contribution in [0.5, 0.6) is 0 Å². The number of hydrogen-bond acceptors (Lipinski definition) is 3. The molecule has 0 heterocycles. The smallest absolute Gasteiger partial charge is 0.0600 e. The Labute approximate surface area is 68.6 Å². The third kappa shape index (κ3) is 4.35. The van der Waals surface area contributed by atoms with Crippen molar-refractivity contribution < 1.29 is 10.2 Å². The summed E-state index contributed by atoms with van der Waals surface area (Å²) in [6.07, 6.45) is 0.335. The van der Waals surface area contributed by atoms with Crippen LogP contribution in [0.1, 0.15) is 13.3 Å². The Morgan fingerprint density at radius 2 is 1.91 bits per heavy atom. The molecule has 0 spiro atoms. The van der Waals surface area contributed by atoms with Crippen molar-refractivity contribution in [3.8, 4) is 0 Å². The second-order valence-corrected chi connectivity index (χ2v) is 3.18. The number of hydrogen-bond donors (Lipinski definition) is 2. The molecule has 3 nitrogen and oxygen atoms in total. The summed E-state index contributed by atoms with van der Waals surface area (Å²) in [5.74, 6) is -0.00463. The van der Waals surface area contributed by atoms with Crippen LogP contribution < -0.4 is 0 Å². The van der Waals surface area contributed by atoms with E-state index in [1.807, 2.05) is 25.9 Å². The first-order chi connectivity index (χ1) is 5.11. The summed E-state index contributed by atoms with van der Waals surface area (Å²) in [6.45, 7) is 2.72. The molecule has 0 radical (unpaired) electrons. The van der Waals surface area contributed by atoms with Crippen LogP contribution in [-0.4, -0.2) is 48.5 Å². The van der Waals surface area contributed by atoms with Gasteiger partial charge >= 0.3 is 0 Å². The molecule has 68 valence electrons. The maximum Gasteiger partial charge on any atom is 0.0600 e. The van der Waals surface area contributed by atoms with Gasteiger partial charge in [0.15, 0.2) is 0 Å². The van der Waals surface area contributed by atoms with Gasteiger partial charge in [-0.15, -0.1) is 0 Å². The lowest BCUT2D eigenvalue weighted by molar-refractivity contribution is 0.0497. The van der Waals surface area contributed by atoms with Crippen LogP contribution in [0.15, 0.2) is 0 Å². The van der Waals surface area contributed by atoms with Gasteiger partial charge in [-0.05, 0) is 20.5 Å². The Balaban J connectivity index is 3.74. The van der Waals surface area contributed by atoms with Gasteiger partial charge in [0.2, 0.25) is 0 Å².